The number of hydrogen-bond acceptors (Lipinski definition) is 4. The lowest BCUT2D eigenvalue weighted by Gasteiger charge is -2.30. The molecule has 3 rings (SSSR count). The molecule has 9 heteroatoms. The number of sulfonamides is 1. The van der Waals surface area contributed by atoms with E-state index < -0.39 is 21.8 Å². The zero-order valence-corrected chi connectivity index (χ0v) is 17.0. The van der Waals surface area contributed by atoms with Crippen LogP contribution in [0.5, 0.6) is 0 Å². The van der Waals surface area contributed by atoms with Crippen LogP contribution in [0.4, 0.5) is 10.1 Å². The highest BCUT2D eigenvalue weighted by molar-refractivity contribution is 7.88. The van der Waals surface area contributed by atoms with Gasteiger partial charge in [-0.05, 0) is 43.4 Å². The van der Waals surface area contributed by atoms with E-state index in [0.717, 1.165) is 5.56 Å². The van der Waals surface area contributed by atoms with Gasteiger partial charge in [-0.25, -0.2) is 17.1 Å². The number of benzene rings is 1. The van der Waals surface area contributed by atoms with E-state index >= 15 is 0 Å². The lowest BCUT2D eigenvalue weighted by molar-refractivity contribution is -0.126. The Labute approximate surface area is 164 Å². The Morgan fingerprint density at radius 3 is 2.57 bits per heavy atom. The van der Waals surface area contributed by atoms with Crippen molar-refractivity contribution in [2.24, 2.45) is 11.8 Å². The van der Waals surface area contributed by atoms with Crippen molar-refractivity contribution in [3.05, 3.63) is 29.6 Å². The summed E-state index contributed by atoms with van der Waals surface area (Å²) in [7, 11) is -3.17. The fraction of sp³-hybridized carbons (Fsp3) is 0.579. The van der Waals surface area contributed by atoms with Crippen molar-refractivity contribution in [1.29, 1.82) is 0 Å². The molecule has 0 spiro atoms. The number of carbonyl (C=O) groups is 2. The maximum Gasteiger partial charge on any atom is 0.227 e. The van der Waals surface area contributed by atoms with E-state index in [9.17, 15) is 22.4 Å². The van der Waals surface area contributed by atoms with Gasteiger partial charge in [0.25, 0.3) is 0 Å². The van der Waals surface area contributed by atoms with Crippen LogP contribution in [0.2, 0.25) is 0 Å². The van der Waals surface area contributed by atoms with Crippen molar-refractivity contribution in [3.8, 4) is 0 Å². The molecule has 1 atom stereocenters. The van der Waals surface area contributed by atoms with Crippen molar-refractivity contribution in [3.63, 3.8) is 0 Å². The van der Waals surface area contributed by atoms with Gasteiger partial charge in [0.2, 0.25) is 21.8 Å². The number of nitrogens with one attached hydrogen (secondary N) is 1. The Morgan fingerprint density at radius 2 is 1.96 bits per heavy atom. The predicted octanol–water partition coefficient (Wildman–Crippen LogP) is 1.27. The maximum atomic E-state index is 14.2. The van der Waals surface area contributed by atoms with Gasteiger partial charge >= 0.3 is 0 Å². The first-order chi connectivity index (χ1) is 13.1. The van der Waals surface area contributed by atoms with Crippen LogP contribution < -0.4 is 10.2 Å². The van der Waals surface area contributed by atoms with Crippen molar-refractivity contribution in [2.45, 2.75) is 26.2 Å². The Hall–Kier alpha value is -2.00. The molecule has 0 aliphatic carbocycles. The lowest BCUT2D eigenvalue weighted by atomic mass is 9.97. The summed E-state index contributed by atoms with van der Waals surface area (Å²) in [5, 5.41) is 2.88. The Morgan fingerprint density at radius 1 is 1.29 bits per heavy atom. The molecule has 1 aromatic carbocycles. The minimum Gasteiger partial charge on any atom is -0.356 e. The average Bonchev–Trinajstić information content (AvgIpc) is 3.01. The van der Waals surface area contributed by atoms with Gasteiger partial charge in [-0.15, -0.1) is 0 Å². The molecule has 1 aromatic rings. The lowest BCUT2D eigenvalue weighted by Crippen LogP contribution is -2.42. The van der Waals surface area contributed by atoms with Crippen LogP contribution >= 0.6 is 0 Å². The number of rotatable bonds is 5. The number of amides is 2. The van der Waals surface area contributed by atoms with Gasteiger partial charge in [0, 0.05) is 32.6 Å². The highest BCUT2D eigenvalue weighted by Gasteiger charge is 2.36. The molecule has 7 nitrogen and oxygen atoms in total. The molecule has 154 valence electrons. The van der Waals surface area contributed by atoms with Gasteiger partial charge in [0.05, 0.1) is 17.9 Å². The SMILES string of the molecule is Cc1ccc(N2CC(C(=O)NCC3CCN(S(C)(=O)=O)CC3)CC2=O)c(F)c1. The summed E-state index contributed by atoms with van der Waals surface area (Å²) in [5.74, 6) is -1.24. The van der Waals surface area contributed by atoms with Gasteiger partial charge in [0.1, 0.15) is 5.82 Å². The van der Waals surface area contributed by atoms with Crippen LogP contribution in [0.1, 0.15) is 24.8 Å². The second-order valence-electron chi connectivity index (χ2n) is 7.71. The van der Waals surface area contributed by atoms with Gasteiger partial charge in [-0.1, -0.05) is 6.07 Å². The maximum absolute atomic E-state index is 14.2. The van der Waals surface area contributed by atoms with E-state index in [4.69, 9.17) is 0 Å². The molecular formula is C19H26FN3O4S. The fourth-order valence-corrected chi connectivity index (χ4v) is 4.66. The quantitative estimate of drug-likeness (QED) is 0.791. The normalized spacial score (nSPS) is 21.9. The largest absolute Gasteiger partial charge is 0.356 e. The van der Waals surface area contributed by atoms with Crippen molar-refractivity contribution in [1.82, 2.24) is 9.62 Å². The molecule has 0 aromatic heterocycles. The summed E-state index contributed by atoms with van der Waals surface area (Å²) in [6.07, 6.45) is 2.65. The zero-order chi connectivity index (χ0) is 20.5. The van der Waals surface area contributed by atoms with Crippen LogP contribution in [-0.2, 0) is 19.6 Å². The van der Waals surface area contributed by atoms with Crippen LogP contribution in [0.3, 0.4) is 0 Å². The van der Waals surface area contributed by atoms with Crippen LogP contribution in [0, 0.1) is 24.6 Å². The molecule has 28 heavy (non-hydrogen) atoms. The van der Waals surface area contributed by atoms with E-state index in [1.165, 1.54) is 21.5 Å². The number of nitrogens with zero attached hydrogens (tertiary/aromatic N) is 2. The first-order valence-corrected chi connectivity index (χ1v) is 11.3. The zero-order valence-electron chi connectivity index (χ0n) is 16.2. The third kappa shape index (κ3) is 4.70. The molecular weight excluding hydrogens is 385 g/mol. The van der Waals surface area contributed by atoms with Crippen molar-refractivity contribution >= 4 is 27.5 Å². The molecule has 0 saturated carbocycles. The summed E-state index contributed by atoms with van der Waals surface area (Å²) < 4.78 is 38.7. The second-order valence-corrected chi connectivity index (χ2v) is 9.69. The van der Waals surface area contributed by atoms with Crippen molar-refractivity contribution in [2.75, 3.05) is 37.3 Å². The van der Waals surface area contributed by atoms with Crippen LogP contribution in [-0.4, -0.2) is 57.0 Å². The average molecular weight is 411 g/mol. The van der Waals surface area contributed by atoms with Gasteiger partial charge in [-0.3, -0.25) is 9.59 Å². The fourth-order valence-electron chi connectivity index (χ4n) is 3.78. The molecule has 2 amide bonds. The minimum atomic E-state index is -3.17. The van der Waals surface area contributed by atoms with E-state index in [0.29, 0.717) is 32.5 Å². The third-order valence-electron chi connectivity index (χ3n) is 5.50. The van der Waals surface area contributed by atoms with Crippen LogP contribution in [0.25, 0.3) is 0 Å². The Kier molecular flexibility index (Phi) is 6.04. The standard InChI is InChI=1S/C19H26FN3O4S/c1-13-3-4-17(16(20)9-13)23-12-15(10-18(23)24)19(25)21-11-14-5-7-22(8-6-14)28(2,26)27/h3-4,9,14-15H,5-8,10-12H2,1-2H3,(H,21,25). The molecule has 1 N–H and O–H groups in total. The molecule has 2 heterocycles. The Balaban J connectivity index is 1.51. The molecule has 0 bridgehead atoms. The van der Waals surface area contributed by atoms with Crippen molar-refractivity contribution < 1.29 is 22.4 Å². The van der Waals surface area contributed by atoms with Gasteiger partial charge in [0.15, 0.2) is 0 Å². The molecule has 2 fully saturated rings. The van der Waals surface area contributed by atoms with Crippen LogP contribution in [0.15, 0.2) is 18.2 Å². The molecule has 2 saturated heterocycles. The summed E-state index contributed by atoms with van der Waals surface area (Å²) >= 11 is 0. The highest BCUT2D eigenvalue weighted by atomic mass is 32.2. The first-order valence-electron chi connectivity index (χ1n) is 9.44. The number of anilines is 1. The number of halogens is 1. The molecule has 0 radical (unpaired) electrons. The number of hydrogen-bond donors (Lipinski definition) is 1. The number of piperidine rings is 1. The van der Waals surface area contributed by atoms with E-state index in [1.54, 1.807) is 19.1 Å². The van der Waals surface area contributed by atoms with E-state index in [2.05, 4.69) is 5.32 Å². The highest BCUT2D eigenvalue weighted by Crippen LogP contribution is 2.28. The molecule has 2 aliphatic rings. The topological polar surface area (TPSA) is 86.8 Å². The molecule has 2 aliphatic heterocycles. The van der Waals surface area contributed by atoms with Gasteiger partial charge < -0.3 is 10.2 Å². The number of aryl methyl sites for hydroxylation is 1. The number of carbonyl (C=O) groups excluding carboxylic acids is 2. The Bertz CT molecular complexity index is 866. The summed E-state index contributed by atoms with van der Waals surface area (Å²) in [5.41, 5.74) is 0.975. The predicted molar refractivity (Wildman–Crippen MR) is 104 cm³/mol. The second kappa shape index (κ2) is 8.16. The third-order valence-corrected chi connectivity index (χ3v) is 6.80. The molecule has 1 unspecified atom stereocenters. The van der Waals surface area contributed by atoms with E-state index in [1.807, 2.05) is 0 Å². The summed E-state index contributed by atoms with van der Waals surface area (Å²) in [4.78, 5) is 26.1. The van der Waals surface area contributed by atoms with Gasteiger partial charge in [-0.2, -0.15) is 0 Å². The monoisotopic (exact) mass is 411 g/mol. The minimum absolute atomic E-state index is 0.0612. The first kappa shape index (κ1) is 20.7. The summed E-state index contributed by atoms with van der Waals surface area (Å²) in [6.45, 7) is 3.32. The smallest absolute Gasteiger partial charge is 0.227 e. The van der Waals surface area contributed by atoms with E-state index in [-0.39, 0.29) is 36.4 Å². The summed E-state index contributed by atoms with van der Waals surface area (Å²) in [6, 6.07) is 4.68.